The zero-order valence-corrected chi connectivity index (χ0v) is 11.6. The maximum absolute atomic E-state index is 11.3. The van der Waals surface area contributed by atoms with E-state index in [0.717, 1.165) is 0 Å². The molecular weight excluding hydrogens is 264 g/mol. The van der Waals surface area contributed by atoms with Crippen LogP contribution in [0.3, 0.4) is 0 Å². The number of carbonyl (C=O) groups excluding carboxylic acids is 1. The Morgan fingerprint density at radius 3 is 2.60 bits per heavy atom. The van der Waals surface area contributed by atoms with Crippen LogP contribution in [-0.4, -0.2) is 41.1 Å². The molecule has 0 bridgehead atoms. The molecule has 2 unspecified atom stereocenters. The number of esters is 1. The molecule has 20 heavy (non-hydrogen) atoms. The van der Waals surface area contributed by atoms with E-state index in [1.807, 2.05) is 0 Å². The lowest BCUT2D eigenvalue weighted by Gasteiger charge is -2.20. The highest BCUT2D eigenvalue weighted by Gasteiger charge is 2.25. The van der Waals surface area contributed by atoms with Crippen LogP contribution in [0.4, 0.5) is 0 Å². The van der Waals surface area contributed by atoms with Crippen molar-refractivity contribution in [2.24, 2.45) is 0 Å². The minimum Gasteiger partial charge on any atom is -0.496 e. The fourth-order valence-electron chi connectivity index (χ4n) is 1.82. The van der Waals surface area contributed by atoms with Gasteiger partial charge in [0.1, 0.15) is 11.9 Å². The van der Waals surface area contributed by atoms with E-state index in [4.69, 9.17) is 14.6 Å². The lowest BCUT2D eigenvalue weighted by Crippen LogP contribution is -2.23. The molecule has 1 aromatic rings. The van der Waals surface area contributed by atoms with Crippen molar-refractivity contribution >= 4 is 5.97 Å². The van der Waals surface area contributed by atoms with Gasteiger partial charge in [0.25, 0.3) is 0 Å². The smallest absolute Gasteiger partial charge is 0.308 e. The minimum atomic E-state index is -1.31. The van der Waals surface area contributed by atoms with Gasteiger partial charge in [-0.15, -0.1) is 0 Å². The van der Waals surface area contributed by atoms with Crippen molar-refractivity contribution in [2.75, 3.05) is 13.7 Å². The van der Waals surface area contributed by atoms with E-state index in [0.29, 0.717) is 16.9 Å². The van der Waals surface area contributed by atoms with Crippen molar-refractivity contribution in [2.45, 2.75) is 32.2 Å². The van der Waals surface area contributed by atoms with Crippen LogP contribution in [-0.2, 0) is 16.1 Å². The van der Waals surface area contributed by atoms with Crippen LogP contribution in [0.25, 0.3) is 0 Å². The van der Waals surface area contributed by atoms with Gasteiger partial charge in [-0.1, -0.05) is 6.07 Å². The molecule has 0 radical (unpaired) electrons. The van der Waals surface area contributed by atoms with Crippen molar-refractivity contribution in [3.05, 3.63) is 29.3 Å². The highest BCUT2D eigenvalue weighted by Crippen LogP contribution is 2.29. The van der Waals surface area contributed by atoms with Crippen LogP contribution in [0.5, 0.6) is 5.75 Å². The molecule has 0 aliphatic carbocycles. The first-order valence-corrected chi connectivity index (χ1v) is 6.32. The summed E-state index contributed by atoms with van der Waals surface area (Å²) >= 11 is 0. The molecule has 0 spiro atoms. The Balaban J connectivity index is 2.89. The zero-order chi connectivity index (χ0) is 15.1. The molecule has 0 amide bonds. The van der Waals surface area contributed by atoms with Crippen LogP contribution in [0.2, 0.25) is 0 Å². The normalized spacial score (nSPS) is 13.7. The van der Waals surface area contributed by atoms with Crippen LogP contribution >= 0.6 is 0 Å². The van der Waals surface area contributed by atoms with Crippen molar-refractivity contribution in [3.8, 4) is 5.75 Å². The van der Waals surface area contributed by atoms with E-state index < -0.39 is 18.2 Å². The van der Waals surface area contributed by atoms with Crippen LogP contribution in [0, 0.1) is 0 Å². The summed E-state index contributed by atoms with van der Waals surface area (Å²) in [5.74, 6) is -0.214. The largest absolute Gasteiger partial charge is 0.496 e. The second-order valence-electron chi connectivity index (χ2n) is 4.26. The summed E-state index contributed by atoms with van der Waals surface area (Å²) in [5.41, 5.74) is 0.888. The Labute approximate surface area is 117 Å². The zero-order valence-electron chi connectivity index (χ0n) is 11.6. The van der Waals surface area contributed by atoms with Gasteiger partial charge in [-0.05, 0) is 24.6 Å². The van der Waals surface area contributed by atoms with E-state index in [-0.39, 0.29) is 19.6 Å². The molecule has 0 saturated heterocycles. The molecule has 0 aliphatic rings. The lowest BCUT2D eigenvalue weighted by molar-refractivity contribution is -0.147. The van der Waals surface area contributed by atoms with Gasteiger partial charge in [-0.25, -0.2) is 0 Å². The Hall–Kier alpha value is -1.63. The molecule has 6 heteroatoms. The number of hydrogen-bond acceptors (Lipinski definition) is 6. The Bertz CT molecular complexity index is 445. The third-order valence-corrected chi connectivity index (χ3v) is 2.84. The molecule has 0 aromatic heterocycles. The fraction of sp³-hybridized carbons (Fsp3) is 0.500. The van der Waals surface area contributed by atoms with Crippen molar-refractivity contribution in [1.29, 1.82) is 0 Å². The van der Waals surface area contributed by atoms with E-state index >= 15 is 0 Å². The molecule has 0 heterocycles. The van der Waals surface area contributed by atoms with Gasteiger partial charge < -0.3 is 24.8 Å². The predicted molar refractivity (Wildman–Crippen MR) is 71.1 cm³/mol. The SMILES string of the molecule is CCOC(=O)CC(O)C(O)c1cc(CO)ccc1OC. The maximum atomic E-state index is 11.3. The van der Waals surface area contributed by atoms with Crippen molar-refractivity contribution in [1.82, 2.24) is 0 Å². The maximum Gasteiger partial charge on any atom is 0.308 e. The number of methoxy groups -OCH3 is 1. The van der Waals surface area contributed by atoms with Gasteiger partial charge in [-0.2, -0.15) is 0 Å². The average Bonchev–Trinajstić information content (AvgIpc) is 2.45. The van der Waals surface area contributed by atoms with Gasteiger partial charge in [0.15, 0.2) is 0 Å². The first kappa shape index (κ1) is 16.4. The molecule has 6 nitrogen and oxygen atoms in total. The molecule has 1 aromatic carbocycles. The van der Waals surface area contributed by atoms with Crippen LogP contribution in [0.1, 0.15) is 30.6 Å². The van der Waals surface area contributed by atoms with Gasteiger partial charge in [-0.3, -0.25) is 4.79 Å². The highest BCUT2D eigenvalue weighted by atomic mass is 16.5. The third kappa shape index (κ3) is 4.19. The number of hydrogen-bond donors (Lipinski definition) is 3. The molecule has 2 atom stereocenters. The molecule has 1 rings (SSSR count). The summed E-state index contributed by atoms with van der Waals surface area (Å²) in [5, 5.41) is 29.1. The quantitative estimate of drug-likeness (QED) is 0.632. The first-order valence-electron chi connectivity index (χ1n) is 6.32. The van der Waals surface area contributed by atoms with Crippen molar-refractivity contribution in [3.63, 3.8) is 0 Å². The van der Waals surface area contributed by atoms with Gasteiger partial charge in [0.2, 0.25) is 0 Å². The number of benzene rings is 1. The van der Waals surface area contributed by atoms with Crippen LogP contribution < -0.4 is 4.74 Å². The Morgan fingerprint density at radius 2 is 2.05 bits per heavy atom. The first-order chi connectivity index (χ1) is 9.53. The minimum absolute atomic E-state index is 0.197. The Kier molecular flexibility index (Phi) is 6.44. The predicted octanol–water partition coefficient (Wildman–Crippen LogP) is 0.535. The topological polar surface area (TPSA) is 96.2 Å². The van der Waals surface area contributed by atoms with Gasteiger partial charge >= 0.3 is 5.97 Å². The molecule has 112 valence electrons. The monoisotopic (exact) mass is 284 g/mol. The van der Waals surface area contributed by atoms with E-state index in [9.17, 15) is 15.0 Å². The number of aliphatic hydroxyl groups excluding tert-OH is 3. The number of rotatable bonds is 7. The van der Waals surface area contributed by atoms with Gasteiger partial charge in [0.05, 0.1) is 32.8 Å². The molecular formula is C14H20O6. The molecule has 0 aliphatic heterocycles. The van der Waals surface area contributed by atoms with E-state index in [1.54, 1.807) is 19.1 Å². The second kappa shape index (κ2) is 7.84. The third-order valence-electron chi connectivity index (χ3n) is 2.84. The average molecular weight is 284 g/mol. The lowest BCUT2D eigenvalue weighted by atomic mass is 9.99. The second-order valence-corrected chi connectivity index (χ2v) is 4.26. The molecule has 0 saturated carbocycles. The summed E-state index contributed by atoms with van der Waals surface area (Å²) in [4.78, 5) is 11.3. The molecule has 0 fully saturated rings. The van der Waals surface area contributed by atoms with Crippen LogP contribution in [0.15, 0.2) is 18.2 Å². The van der Waals surface area contributed by atoms with Crippen molar-refractivity contribution < 1.29 is 29.6 Å². The summed E-state index contributed by atoms with van der Waals surface area (Å²) in [6.45, 7) is 1.68. The summed E-state index contributed by atoms with van der Waals surface area (Å²) in [6, 6.07) is 4.76. The Morgan fingerprint density at radius 1 is 1.35 bits per heavy atom. The highest BCUT2D eigenvalue weighted by molar-refractivity contribution is 5.70. The standard InChI is InChI=1S/C14H20O6/c1-3-20-13(17)7-11(16)14(18)10-6-9(8-15)4-5-12(10)19-2/h4-6,11,14-16,18H,3,7-8H2,1-2H3. The summed E-state index contributed by atoms with van der Waals surface area (Å²) in [6.07, 6.45) is -2.93. The number of ether oxygens (including phenoxy) is 2. The van der Waals surface area contributed by atoms with Gasteiger partial charge in [0, 0.05) is 5.56 Å². The molecule has 3 N–H and O–H groups in total. The summed E-state index contributed by atoms with van der Waals surface area (Å²) in [7, 11) is 1.43. The summed E-state index contributed by atoms with van der Waals surface area (Å²) < 4.78 is 9.82. The fourth-order valence-corrected chi connectivity index (χ4v) is 1.82. The van der Waals surface area contributed by atoms with E-state index in [2.05, 4.69) is 0 Å². The number of carbonyl (C=O) groups is 1. The van der Waals surface area contributed by atoms with E-state index in [1.165, 1.54) is 13.2 Å². The number of aliphatic hydroxyl groups is 3.